The SMILES string of the molecule is Cc1c(C(F)F)cccc1[C@H](C)N[S+]([O-])C(C)(C)C. The number of nitrogens with one attached hydrogen (secondary N) is 1. The van der Waals surface area contributed by atoms with E-state index in [2.05, 4.69) is 4.72 Å². The molecule has 108 valence electrons. The van der Waals surface area contributed by atoms with Crippen molar-refractivity contribution < 1.29 is 13.3 Å². The summed E-state index contributed by atoms with van der Waals surface area (Å²) in [4.78, 5) is 0. The molecule has 0 aliphatic rings. The van der Waals surface area contributed by atoms with E-state index in [0.717, 1.165) is 5.56 Å². The Bertz CT molecular complexity index is 432. The largest absolute Gasteiger partial charge is 0.598 e. The van der Waals surface area contributed by atoms with E-state index in [0.29, 0.717) is 5.56 Å². The van der Waals surface area contributed by atoms with Gasteiger partial charge in [-0.05, 0) is 45.7 Å². The number of rotatable bonds is 4. The average molecular weight is 289 g/mol. The van der Waals surface area contributed by atoms with Crippen molar-refractivity contribution in [3.63, 3.8) is 0 Å². The quantitative estimate of drug-likeness (QED) is 0.849. The second-order valence-electron chi connectivity index (χ2n) is 5.58. The predicted molar refractivity (Wildman–Crippen MR) is 75.6 cm³/mol. The molecule has 0 amide bonds. The summed E-state index contributed by atoms with van der Waals surface area (Å²) in [6, 6.07) is 4.59. The molecule has 0 heterocycles. The Hall–Kier alpha value is -0.650. The lowest BCUT2D eigenvalue weighted by molar-refractivity contribution is 0.150. The summed E-state index contributed by atoms with van der Waals surface area (Å²) in [5.74, 6) is 0. The number of halogens is 2. The molecule has 0 aliphatic carbocycles. The minimum Gasteiger partial charge on any atom is -0.598 e. The van der Waals surface area contributed by atoms with Gasteiger partial charge in [-0.15, -0.1) is 4.72 Å². The fraction of sp³-hybridized carbons (Fsp3) is 0.571. The molecule has 0 saturated heterocycles. The molecule has 2 nitrogen and oxygen atoms in total. The van der Waals surface area contributed by atoms with Crippen LogP contribution in [0.4, 0.5) is 8.78 Å². The molecule has 1 aromatic carbocycles. The van der Waals surface area contributed by atoms with Crippen LogP contribution in [-0.4, -0.2) is 9.30 Å². The molecule has 1 aromatic rings. The second-order valence-corrected chi connectivity index (χ2v) is 7.58. The second kappa shape index (κ2) is 6.20. The number of benzene rings is 1. The van der Waals surface area contributed by atoms with Crippen molar-refractivity contribution in [2.75, 3.05) is 0 Å². The maximum Gasteiger partial charge on any atom is 0.264 e. The third kappa shape index (κ3) is 4.16. The van der Waals surface area contributed by atoms with Crippen LogP contribution in [0.5, 0.6) is 0 Å². The Kier molecular flexibility index (Phi) is 5.35. The zero-order valence-corrected chi connectivity index (χ0v) is 12.8. The van der Waals surface area contributed by atoms with E-state index < -0.39 is 17.8 Å². The van der Waals surface area contributed by atoms with Crippen molar-refractivity contribution in [1.29, 1.82) is 0 Å². The summed E-state index contributed by atoms with van der Waals surface area (Å²) in [6.07, 6.45) is -2.49. The highest BCUT2D eigenvalue weighted by atomic mass is 32.2. The molecule has 1 rings (SSSR count). The molecule has 1 unspecified atom stereocenters. The standard InChI is InChI=1S/C14H21F2NOS/c1-9-11(7-6-8-12(9)13(15)16)10(2)17-19(18)14(3,4)5/h6-8,10,13,17H,1-5H3/t10-,19?/m0/s1. The third-order valence-corrected chi connectivity index (χ3v) is 4.64. The Morgan fingerprint density at radius 2 is 1.74 bits per heavy atom. The van der Waals surface area contributed by atoms with Crippen LogP contribution in [-0.2, 0) is 11.4 Å². The van der Waals surface area contributed by atoms with Gasteiger partial charge in [-0.1, -0.05) is 18.2 Å². The molecule has 0 saturated carbocycles. The average Bonchev–Trinajstić information content (AvgIpc) is 2.27. The highest BCUT2D eigenvalue weighted by Crippen LogP contribution is 2.29. The van der Waals surface area contributed by atoms with Gasteiger partial charge < -0.3 is 4.55 Å². The minimum atomic E-state index is -2.49. The first-order valence-corrected chi connectivity index (χ1v) is 7.35. The van der Waals surface area contributed by atoms with Gasteiger partial charge in [0.25, 0.3) is 6.43 Å². The van der Waals surface area contributed by atoms with Crippen molar-refractivity contribution in [2.45, 2.75) is 51.8 Å². The first-order chi connectivity index (χ1) is 8.64. The Morgan fingerprint density at radius 1 is 1.21 bits per heavy atom. The third-order valence-electron chi connectivity index (χ3n) is 2.96. The van der Waals surface area contributed by atoms with Gasteiger partial charge in [0.15, 0.2) is 0 Å². The molecule has 2 atom stereocenters. The summed E-state index contributed by atoms with van der Waals surface area (Å²) >= 11 is -1.23. The molecule has 0 radical (unpaired) electrons. The minimum absolute atomic E-state index is 0.0349. The van der Waals surface area contributed by atoms with Gasteiger partial charge in [-0.2, -0.15) is 0 Å². The van der Waals surface area contributed by atoms with E-state index in [-0.39, 0.29) is 16.4 Å². The van der Waals surface area contributed by atoms with Crippen molar-refractivity contribution in [2.24, 2.45) is 0 Å². The topological polar surface area (TPSA) is 35.1 Å². The first-order valence-electron chi connectivity index (χ1n) is 6.20. The molecule has 19 heavy (non-hydrogen) atoms. The van der Waals surface area contributed by atoms with Gasteiger partial charge in [-0.3, -0.25) is 0 Å². The molecular formula is C14H21F2NOS. The number of alkyl halides is 2. The monoisotopic (exact) mass is 289 g/mol. The van der Waals surface area contributed by atoms with Crippen LogP contribution in [0, 0.1) is 6.92 Å². The molecule has 0 spiro atoms. The highest BCUT2D eigenvalue weighted by Gasteiger charge is 2.29. The zero-order valence-electron chi connectivity index (χ0n) is 12.0. The van der Waals surface area contributed by atoms with Crippen LogP contribution in [0.2, 0.25) is 0 Å². The maximum atomic E-state index is 12.8. The van der Waals surface area contributed by atoms with Crippen LogP contribution in [0.1, 0.15) is 56.9 Å². The van der Waals surface area contributed by atoms with E-state index in [4.69, 9.17) is 0 Å². The fourth-order valence-electron chi connectivity index (χ4n) is 1.78. The first kappa shape index (κ1) is 16.4. The van der Waals surface area contributed by atoms with E-state index in [1.54, 1.807) is 19.1 Å². The zero-order chi connectivity index (χ0) is 14.8. The van der Waals surface area contributed by atoms with Gasteiger partial charge in [0.2, 0.25) is 0 Å². The molecule has 5 heteroatoms. The van der Waals surface area contributed by atoms with Crippen molar-refractivity contribution >= 4 is 11.4 Å². The van der Waals surface area contributed by atoms with Crippen molar-refractivity contribution in [3.05, 3.63) is 34.9 Å². The van der Waals surface area contributed by atoms with Crippen LogP contribution >= 0.6 is 0 Å². The lowest BCUT2D eigenvalue weighted by atomic mass is 9.98. The van der Waals surface area contributed by atoms with Crippen LogP contribution in [0.3, 0.4) is 0 Å². The van der Waals surface area contributed by atoms with E-state index in [1.165, 1.54) is 6.07 Å². The van der Waals surface area contributed by atoms with Crippen LogP contribution in [0.25, 0.3) is 0 Å². The molecule has 0 aliphatic heterocycles. The van der Waals surface area contributed by atoms with Gasteiger partial charge in [0.1, 0.15) is 4.75 Å². The summed E-state index contributed by atoms with van der Waals surface area (Å²) in [5.41, 5.74) is 1.35. The highest BCUT2D eigenvalue weighted by molar-refractivity contribution is 7.90. The van der Waals surface area contributed by atoms with Gasteiger partial charge in [-0.25, -0.2) is 8.78 Å². The van der Waals surface area contributed by atoms with Gasteiger partial charge in [0, 0.05) is 16.9 Å². The lowest BCUT2D eigenvalue weighted by Crippen LogP contribution is -2.40. The summed E-state index contributed by atoms with van der Waals surface area (Å²) in [6.45, 7) is 9.11. The normalized spacial score (nSPS) is 15.6. The van der Waals surface area contributed by atoms with Crippen molar-refractivity contribution in [3.8, 4) is 0 Å². The molecule has 1 N–H and O–H groups in total. The number of hydrogen-bond donors (Lipinski definition) is 1. The Labute approximate surface area is 116 Å². The maximum absolute atomic E-state index is 12.8. The Balaban J connectivity index is 2.95. The molecule has 0 bridgehead atoms. The van der Waals surface area contributed by atoms with Gasteiger partial charge in [0.05, 0.1) is 6.04 Å². The van der Waals surface area contributed by atoms with E-state index in [9.17, 15) is 13.3 Å². The van der Waals surface area contributed by atoms with Crippen LogP contribution < -0.4 is 4.72 Å². The fourth-order valence-corrected chi connectivity index (χ4v) is 2.58. The summed E-state index contributed by atoms with van der Waals surface area (Å²) in [7, 11) is 0. The van der Waals surface area contributed by atoms with Crippen LogP contribution in [0.15, 0.2) is 18.2 Å². The van der Waals surface area contributed by atoms with Gasteiger partial charge >= 0.3 is 0 Å². The summed E-state index contributed by atoms with van der Waals surface area (Å²) < 4.78 is 40.3. The van der Waals surface area contributed by atoms with E-state index >= 15 is 0 Å². The smallest absolute Gasteiger partial charge is 0.264 e. The Morgan fingerprint density at radius 3 is 2.21 bits per heavy atom. The summed E-state index contributed by atoms with van der Waals surface area (Å²) in [5, 5.41) is 0. The molecular weight excluding hydrogens is 268 g/mol. The lowest BCUT2D eigenvalue weighted by Gasteiger charge is -2.27. The van der Waals surface area contributed by atoms with E-state index in [1.807, 2.05) is 27.7 Å². The number of hydrogen-bond acceptors (Lipinski definition) is 2. The predicted octanol–water partition coefficient (Wildman–Crippen LogP) is 4.05. The molecule has 0 fully saturated rings. The molecule has 0 aromatic heterocycles. The van der Waals surface area contributed by atoms with Crippen molar-refractivity contribution in [1.82, 2.24) is 4.72 Å².